The fourth-order valence-electron chi connectivity index (χ4n) is 2.79. The lowest BCUT2D eigenvalue weighted by atomic mass is 10.1. The Bertz CT molecular complexity index is 977. The number of nitrogens with one attached hydrogen (secondary N) is 1. The first-order valence-electron chi connectivity index (χ1n) is 7.90. The summed E-state index contributed by atoms with van der Waals surface area (Å²) in [6.07, 6.45) is 2.42. The molecule has 0 saturated carbocycles. The molecule has 0 aliphatic carbocycles. The standard InChI is InChI=1S/C19H17N3O2/c23-11-14-7-5-13(6-8-14)9-10-20-19-18-17(21-12-22-19)15-3-1-2-4-16(15)24-18/h1-8,12,23H,9-11H2,(H,20,21,22). The van der Waals surface area contributed by atoms with Gasteiger partial charge in [0.25, 0.3) is 0 Å². The second-order valence-corrected chi connectivity index (χ2v) is 5.65. The molecule has 24 heavy (non-hydrogen) atoms. The van der Waals surface area contributed by atoms with E-state index in [9.17, 15) is 0 Å². The van der Waals surface area contributed by atoms with E-state index in [2.05, 4.69) is 15.3 Å². The molecule has 0 aliphatic heterocycles. The van der Waals surface area contributed by atoms with Crippen LogP contribution in [0, 0.1) is 0 Å². The third-order valence-corrected chi connectivity index (χ3v) is 4.07. The van der Waals surface area contributed by atoms with E-state index >= 15 is 0 Å². The van der Waals surface area contributed by atoms with E-state index in [0.29, 0.717) is 11.4 Å². The number of fused-ring (bicyclic) bond motifs is 3. The van der Waals surface area contributed by atoms with Crippen molar-refractivity contribution in [2.75, 3.05) is 11.9 Å². The van der Waals surface area contributed by atoms with Gasteiger partial charge >= 0.3 is 0 Å². The van der Waals surface area contributed by atoms with Crippen molar-refractivity contribution < 1.29 is 9.52 Å². The molecule has 2 aromatic heterocycles. The number of hydrogen-bond acceptors (Lipinski definition) is 5. The number of aliphatic hydroxyl groups excluding tert-OH is 1. The zero-order valence-corrected chi connectivity index (χ0v) is 13.1. The van der Waals surface area contributed by atoms with Crippen molar-refractivity contribution in [1.29, 1.82) is 0 Å². The molecule has 0 spiro atoms. The Labute approximate surface area is 139 Å². The van der Waals surface area contributed by atoms with E-state index in [4.69, 9.17) is 9.52 Å². The van der Waals surface area contributed by atoms with Crippen LogP contribution >= 0.6 is 0 Å². The molecule has 0 atom stereocenters. The normalized spacial score (nSPS) is 11.2. The number of rotatable bonds is 5. The molecule has 0 radical (unpaired) electrons. The Balaban J connectivity index is 1.53. The number of hydrogen-bond donors (Lipinski definition) is 2. The van der Waals surface area contributed by atoms with Gasteiger partial charge in [0.2, 0.25) is 0 Å². The number of aliphatic hydroxyl groups is 1. The van der Waals surface area contributed by atoms with E-state index in [1.165, 1.54) is 5.56 Å². The molecule has 5 heteroatoms. The zero-order chi connectivity index (χ0) is 16.4. The predicted octanol–water partition coefficient (Wildman–Crippen LogP) is 3.52. The van der Waals surface area contributed by atoms with E-state index < -0.39 is 0 Å². The van der Waals surface area contributed by atoms with Crippen molar-refractivity contribution in [3.63, 3.8) is 0 Å². The third kappa shape index (κ3) is 2.70. The Morgan fingerprint density at radius 2 is 1.75 bits per heavy atom. The summed E-state index contributed by atoms with van der Waals surface area (Å²) in [5.41, 5.74) is 4.46. The lowest BCUT2D eigenvalue weighted by Gasteiger charge is -2.06. The summed E-state index contributed by atoms with van der Waals surface area (Å²) in [4.78, 5) is 8.66. The maximum absolute atomic E-state index is 9.08. The number of benzene rings is 2. The van der Waals surface area contributed by atoms with Crippen LogP contribution in [0.2, 0.25) is 0 Å². The van der Waals surface area contributed by atoms with E-state index in [1.54, 1.807) is 6.33 Å². The SMILES string of the molecule is OCc1ccc(CCNc2ncnc3c2oc2ccccc23)cc1. The molecule has 0 saturated heterocycles. The third-order valence-electron chi connectivity index (χ3n) is 4.07. The summed E-state index contributed by atoms with van der Waals surface area (Å²) in [6, 6.07) is 15.8. The molecule has 4 rings (SSSR count). The van der Waals surface area contributed by atoms with Gasteiger partial charge in [0, 0.05) is 11.9 Å². The second-order valence-electron chi connectivity index (χ2n) is 5.65. The number of para-hydroxylation sites is 1. The lowest BCUT2D eigenvalue weighted by molar-refractivity contribution is 0.282. The van der Waals surface area contributed by atoms with Gasteiger partial charge in [0.1, 0.15) is 17.4 Å². The van der Waals surface area contributed by atoms with Crippen molar-refractivity contribution in [2.45, 2.75) is 13.0 Å². The minimum atomic E-state index is 0.0729. The van der Waals surface area contributed by atoms with Gasteiger partial charge in [-0.2, -0.15) is 0 Å². The van der Waals surface area contributed by atoms with Crippen molar-refractivity contribution in [3.8, 4) is 0 Å². The predicted molar refractivity (Wildman–Crippen MR) is 93.9 cm³/mol. The van der Waals surface area contributed by atoms with Crippen molar-refractivity contribution in [1.82, 2.24) is 9.97 Å². The average molecular weight is 319 g/mol. The quantitative estimate of drug-likeness (QED) is 0.589. The summed E-state index contributed by atoms with van der Waals surface area (Å²) >= 11 is 0. The summed E-state index contributed by atoms with van der Waals surface area (Å²) in [6.45, 7) is 0.811. The highest BCUT2D eigenvalue weighted by atomic mass is 16.3. The number of aromatic nitrogens is 2. The molecular formula is C19H17N3O2. The van der Waals surface area contributed by atoms with Crippen LogP contribution in [0.5, 0.6) is 0 Å². The highest BCUT2D eigenvalue weighted by molar-refractivity contribution is 6.05. The summed E-state index contributed by atoms with van der Waals surface area (Å²) in [5.74, 6) is 0.711. The number of furan rings is 1. The number of anilines is 1. The molecule has 5 nitrogen and oxygen atoms in total. The fourth-order valence-corrected chi connectivity index (χ4v) is 2.79. The largest absolute Gasteiger partial charge is 0.450 e. The maximum atomic E-state index is 9.08. The van der Waals surface area contributed by atoms with Gasteiger partial charge in [0.15, 0.2) is 11.4 Å². The minimum Gasteiger partial charge on any atom is -0.450 e. The van der Waals surface area contributed by atoms with Gasteiger partial charge in [0.05, 0.1) is 6.61 Å². The number of nitrogens with zero attached hydrogens (tertiary/aromatic N) is 2. The molecule has 2 N–H and O–H groups in total. The van der Waals surface area contributed by atoms with Crippen molar-refractivity contribution in [3.05, 3.63) is 66.0 Å². The molecule has 2 heterocycles. The molecule has 2 aromatic carbocycles. The van der Waals surface area contributed by atoms with Gasteiger partial charge in [-0.25, -0.2) is 9.97 Å². The van der Waals surface area contributed by atoms with Crippen LogP contribution in [-0.2, 0) is 13.0 Å². The van der Waals surface area contributed by atoms with Crippen LogP contribution in [0.15, 0.2) is 59.3 Å². The molecule has 4 aromatic rings. The maximum Gasteiger partial charge on any atom is 0.196 e. The van der Waals surface area contributed by atoms with E-state index in [-0.39, 0.29) is 6.61 Å². The van der Waals surface area contributed by atoms with E-state index in [0.717, 1.165) is 35.0 Å². The summed E-state index contributed by atoms with van der Waals surface area (Å²) in [7, 11) is 0. The molecule has 0 unspecified atom stereocenters. The Hall–Kier alpha value is -2.92. The lowest BCUT2D eigenvalue weighted by Crippen LogP contribution is -2.06. The van der Waals surface area contributed by atoms with Gasteiger partial charge in [-0.05, 0) is 29.7 Å². The van der Waals surface area contributed by atoms with E-state index in [1.807, 2.05) is 48.5 Å². The van der Waals surface area contributed by atoms with Crippen molar-refractivity contribution >= 4 is 27.9 Å². The fraction of sp³-hybridized carbons (Fsp3) is 0.158. The van der Waals surface area contributed by atoms with Crippen LogP contribution in [0.4, 0.5) is 5.82 Å². The summed E-state index contributed by atoms with van der Waals surface area (Å²) in [5, 5.41) is 13.4. The highest BCUT2D eigenvalue weighted by Crippen LogP contribution is 2.30. The molecule has 0 amide bonds. The smallest absolute Gasteiger partial charge is 0.196 e. The van der Waals surface area contributed by atoms with Crippen LogP contribution in [0.25, 0.3) is 22.1 Å². The highest BCUT2D eigenvalue weighted by Gasteiger charge is 2.12. The first-order chi connectivity index (χ1) is 11.8. The summed E-state index contributed by atoms with van der Waals surface area (Å²) < 4.78 is 5.90. The minimum absolute atomic E-state index is 0.0729. The second kappa shape index (κ2) is 6.29. The van der Waals surface area contributed by atoms with Crippen LogP contribution < -0.4 is 5.32 Å². The monoisotopic (exact) mass is 319 g/mol. The molecule has 120 valence electrons. The molecule has 0 bridgehead atoms. The topological polar surface area (TPSA) is 71.2 Å². The molecular weight excluding hydrogens is 302 g/mol. The Kier molecular flexibility index (Phi) is 3.84. The van der Waals surface area contributed by atoms with Crippen LogP contribution in [0.3, 0.4) is 0 Å². The molecule has 0 aliphatic rings. The van der Waals surface area contributed by atoms with Gasteiger partial charge in [-0.1, -0.05) is 36.4 Å². The Morgan fingerprint density at radius 3 is 2.58 bits per heavy atom. The van der Waals surface area contributed by atoms with Crippen molar-refractivity contribution in [2.24, 2.45) is 0 Å². The van der Waals surface area contributed by atoms with Crippen LogP contribution in [0.1, 0.15) is 11.1 Å². The zero-order valence-electron chi connectivity index (χ0n) is 13.1. The van der Waals surface area contributed by atoms with Gasteiger partial charge in [-0.15, -0.1) is 0 Å². The first-order valence-corrected chi connectivity index (χ1v) is 7.90. The van der Waals surface area contributed by atoms with Gasteiger partial charge in [-0.3, -0.25) is 0 Å². The Morgan fingerprint density at radius 1 is 0.958 bits per heavy atom. The van der Waals surface area contributed by atoms with Crippen LogP contribution in [-0.4, -0.2) is 21.6 Å². The first kappa shape index (κ1) is 14.7. The van der Waals surface area contributed by atoms with Gasteiger partial charge < -0.3 is 14.8 Å². The average Bonchev–Trinajstić information content (AvgIpc) is 3.02. The molecule has 0 fully saturated rings.